The number of rotatable bonds is 0. The first-order valence-corrected chi connectivity index (χ1v) is 2.32. The molecule has 6 N–H and O–H groups in total. The molecule has 1 fully saturated rings. The number of urea groups is 1. The minimum absolute atomic E-state index is 0. The van der Waals surface area contributed by atoms with E-state index in [1.165, 1.54) is 0 Å². The van der Waals surface area contributed by atoms with Crippen LogP contribution in [0.5, 0.6) is 0 Å². The third kappa shape index (κ3) is 3.28. The van der Waals surface area contributed by atoms with Gasteiger partial charge in [0.25, 0.3) is 0 Å². The van der Waals surface area contributed by atoms with Crippen LogP contribution >= 0.6 is 0 Å². The third-order valence-electron chi connectivity index (χ3n) is 0.827. The number of barbiturate groups is 1. The molecule has 0 radical (unpaired) electrons. The van der Waals surface area contributed by atoms with E-state index in [9.17, 15) is 14.4 Å². The van der Waals surface area contributed by atoms with Crippen molar-refractivity contribution < 1.29 is 25.3 Å². The van der Waals surface area contributed by atoms with E-state index in [-0.39, 0.29) is 17.4 Å². The fraction of sp³-hybridized carbons (Fsp3) is 0.250. The number of hydrogen-bond donors (Lipinski definition) is 2. The van der Waals surface area contributed by atoms with Gasteiger partial charge in [-0.05, 0) is 0 Å². The Bertz CT molecular complexity index is 144. The van der Waals surface area contributed by atoms with E-state index in [1.54, 1.807) is 0 Å². The predicted octanol–water partition coefficient (Wildman–Crippen LogP) is -2.91. The van der Waals surface area contributed by atoms with Crippen LogP contribution in [0.25, 0.3) is 0 Å². The molecule has 0 aromatic heterocycles. The van der Waals surface area contributed by atoms with Gasteiger partial charge in [-0.25, -0.2) is 4.79 Å². The maximum atomic E-state index is 10.3. The standard InChI is InChI=1S/C4H4N2O3.2H2O/c7-2-1-3(8)6-4(9)5-2;;/h1H2,(H2,5,6,7,8,9);2*1H2. The van der Waals surface area contributed by atoms with Gasteiger partial charge in [0.05, 0.1) is 0 Å². The van der Waals surface area contributed by atoms with Gasteiger partial charge in [0, 0.05) is 0 Å². The van der Waals surface area contributed by atoms with Crippen molar-refractivity contribution in [1.82, 2.24) is 10.6 Å². The van der Waals surface area contributed by atoms with Crippen molar-refractivity contribution in [1.29, 1.82) is 0 Å². The molecule has 0 spiro atoms. The zero-order valence-electron chi connectivity index (χ0n) is 5.43. The Morgan fingerprint density at radius 3 is 1.55 bits per heavy atom. The third-order valence-corrected chi connectivity index (χ3v) is 0.827. The fourth-order valence-corrected chi connectivity index (χ4v) is 0.519. The van der Waals surface area contributed by atoms with E-state index in [0.717, 1.165) is 0 Å². The second kappa shape index (κ2) is 4.36. The van der Waals surface area contributed by atoms with Gasteiger partial charge in [0.2, 0.25) is 11.8 Å². The molecule has 1 aliphatic heterocycles. The minimum atomic E-state index is -0.740. The van der Waals surface area contributed by atoms with Gasteiger partial charge >= 0.3 is 6.03 Å². The summed E-state index contributed by atoms with van der Waals surface area (Å²) in [4.78, 5) is 30.8. The summed E-state index contributed by atoms with van der Waals surface area (Å²) >= 11 is 0. The highest BCUT2D eigenvalue weighted by molar-refractivity contribution is 6.14. The highest BCUT2D eigenvalue weighted by atomic mass is 16.2. The smallest absolute Gasteiger partial charge is 0.328 e. The molecule has 0 bridgehead atoms. The predicted molar refractivity (Wildman–Crippen MR) is 33.5 cm³/mol. The highest BCUT2D eigenvalue weighted by Gasteiger charge is 2.20. The lowest BCUT2D eigenvalue weighted by molar-refractivity contribution is -0.129. The van der Waals surface area contributed by atoms with Crippen LogP contribution in [0, 0.1) is 0 Å². The van der Waals surface area contributed by atoms with Crippen LogP contribution in [0.3, 0.4) is 0 Å². The van der Waals surface area contributed by atoms with Crippen LogP contribution in [0.2, 0.25) is 0 Å². The SMILES string of the molecule is O.O.O=C1CC(=O)NC(=O)N1. The lowest BCUT2D eigenvalue weighted by atomic mass is 10.3. The second-order valence-electron chi connectivity index (χ2n) is 1.60. The molecule has 1 aliphatic rings. The minimum Gasteiger partial charge on any atom is -0.412 e. The topological polar surface area (TPSA) is 138 Å². The molecule has 0 unspecified atom stereocenters. The summed E-state index contributed by atoms with van der Waals surface area (Å²) in [5.41, 5.74) is 0. The van der Waals surface area contributed by atoms with Crippen molar-refractivity contribution in [2.45, 2.75) is 6.42 Å². The van der Waals surface area contributed by atoms with E-state index >= 15 is 0 Å². The maximum absolute atomic E-state index is 10.3. The molecule has 0 atom stereocenters. The van der Waals surface area contributed by atoms with Crippen LogP contribution in [0.1, 0.15) is 6.42 Å². The quantitative estimate of drug-likeness (QED) is 0.371. The first-order chi connectivity index (χ1) is 4.18. The molecular weight excluding hydrogens is 156 g/mol. The van der Waals surface area contributed by atoms with Gasteiger partial charge in [-0.1, -0.05) is 0 Å². The normalized spacial score (nSPS) is 15.5. The molecule has 1 heterocycles. The Balaban J connectivity index is 0. The zero-order chi connectivity index (χ0) is 6.85. The molecule has 0 aliphatic carbocycles. The second-order valence-corrected chi connectivity index (χ2v) is 1.60. The first-order valence-electron chi connectivity index (χ1n) is 2.32. The summed E-state index contributed by atoms with van der Waals surface area (Å²) in [7, 11) is 0. The van der Waals surface area contributed by atoms with E-state index < -0.39 is 17.8 Å². The van der Waals surface area contributed by atoms with Crippen LogP contribution in [-0.4, -0.2) is 28.8 Å². The van der Waals surface area contributed by atoms with Crippen molar-refractivity contribution in [3.8, 4) is 0 Å². The first kappa shape index (κ1) is 12.2. The molecule has 0 saturated carbocycles. The lowest BCUT2D eigenvalue weighted by Gasteiger charge is -2.09. The summed E-state index contributed by atoms with van der Waals surface area (Å²) in [6, 6.07) is -0.740. The Kier molecular flexibility index (Phi) is 4.85. The molecule has 64 valence electrons. The Hall–Kier alpha value is -1.47. The summed E-state index contributed by atoms with van der Waals surface area (Å²) < 4.78 is 0. The molecule has 0 aromatic carbocycles. The number of nitrogens with one attached hydrogen (secondary N) is 2. The summed E-state index contributed by atoms with van der Waals surface area (Å²) in [5, 5.41) is 3.80. The summed E-state index contributed by atoms with van der Waals surface area (Å²) in [5.74, 6) is -1.10. The van der Waals surface area contributed by atoms with Gasteiger partial charge in [0.15, 0.2) is 0 Å². The highest BCUT2D eigenvalue weighted by Crippen LogP contribution is 1.85. The summed E-state index contributed by atoms with van der Waals surface area (Å²) in [6.07, 6.45) is -0.258. The molecule has 4 amide bonds. The van der Waals surface area contributed by atoms with Crippen LogP contribution < -0.4 is 10.6 Å². The van der Waals surface area contributed by atoms with Crippen LogP contribution in [-0.2, 0) is 9.59 Å². The number of carbonyl (C=O) groups is 3. The Labute approximate surface area is 61.4 Å². The Morgan fingerprint density at radius 1 is 0.909 bits per heavy atom. The van der Waals surface area contributed by atoms with Crippen molar-refractivity contribution >= 4 is 17.8 Å². The van der Waals surface area contributed by atoms with Gasteiger partial charge in [-0.2, -0.15) is 0 Å². The Morgan fingerprint density at radius 2 is 1.27 bits per heavy atom. The van der Waals surface area contributed by atoms with Crippen molar-refractivity contribution in [2.24, 2.45) is 0 Å². The van der Waals surface area contributed by atoms with Crippen molar-refractivity contribution in [2.75, 3.05) is 0 Å². The van der Waals surface area contributed by atoms with Crippen molar-refractivity contribution in [3.63, 3.8) is 0 Å². The van der Waals surface area contributed by atoms with Gasteiger partial charge < -0.3 is 11.0 Å². The molecule has 1 saturated heterocycles. The summed E-state index contributed by atoms with van der Waals surface area (Å²) in [6.45, 7) is 0. The molecule has 7 heteroatoms. The van der Waals surface area contributed by atoms with Gasteiger partial charge in [0.1, 0.15) is 6.42 Å². The molecule has 11 heavy (non-hydrogen) atoms. The van der Waals surface area contributed by atoms with E-state index in [1.807, 2.05) is 10.6 Å². The molecule has 7 nitrogen and oxygen atoms in total. The number of imide groups is 2. The number of hydrogen-bond acceptors (Lipinski definition) is 3. The number of carbonyl (C=O) groups excluding carboxylic acids is 3. The van der Waals surface area contributed by atoms with Crippen molar-refractivity contribution in [3.05, 3.63) is 0 Å². The van der Waals surface area contributed by atoms with E-state index in [4.69, 9.17) is 0 Å². The van der Waals surface area contributed by atoms with E-state index in [0.29, 0.717) is 0 Å². The fourth-order valence-electron chi connectivity index (χ4n) is 0.519. The average Bonchev–Trinajstić information content (AvgIpc) is 1.59. The largest absolute Gasteiger partial charge is 0.412 e. The molecule has 1 rings (SSSR count). The maximum Gasteiger partial charge on any atom is 0.328 e. The van der Waals surface area contributed by atoms with Crippen LogP contribution in [0.4, 0.5) is 4.79 Å². The molecule has 0 aromatic rings. The monoisotopic (exact) mass is 164 g/mol. The lowest BCUT2D eigenvalue weighted by Crippen LogP contribution is -2.49. The van der Waals surface area contributed by atoms with Gasteiger partial charge in [-0.15, -0.1) is 0 Å². The number of amides is 4. The zero-order valence-corrected chi connectivity index (χ0v) is 5.43. The molecular formula is C4H8N2O5. The van der Waals surface area contributed by atoms with Crippen LogP contribution in [0.15, 0.2) is 0 Å². The van der Waals surface area contributed by atoms with E-state index in [2.05, 4.69) is 0 Å². The van der Waals surface area contributed by atoms with Gasteiger partial charge in [-0.3, -0.25) is 20.2 Å². The average molecular weight is 164 g/mol.